The van der Waals surface area contributed by atoms with Gasteiger partial charge in [-0.1, -0.05) is 24.4 Å². The minimum absolute atomic E-state index is 0.0917. The third kappa shape index (κ3) is 2.66. The molecule has 1 saturated carbocycles. The quantitative estimate of drug-likeness (QED) is 0.862. The van der Waals surface area contributed by atoms with Gasteiger partial charge in [-0.05, 0) is 31.0 Å². The van der Waals surface area contributed by atoms with E-state index in [1.54, 1.807) is 12.1 Å². The number of amidine groups is 1. The van der Waals surface area contributed by atoms with Crippen LogP contribution in [0.15, 0.2) is 28.0 Å². The zero-order valence-corrected chi connectivity index (χ0v) is 15.4. The number of amides is 1. The van der Waals surface area contributed by atoms with Gasteiger partial charge in [-0.15, -0.1) is 5.10 Å². The van der Waals surface area contributed by atoms with E-state index in [4.69, 9.17) is 11.6 Å². The van der Waals surface area contributed by atoms with Crippen LogP contribution in [0.3, 0.4) is 0 Å². The van der Waals surface area contributed by atoms with Crippen molar-refractivity contribution in [3.05, 3.63) is 39.3 Å². The summed E-state index contributed by atoms with van der Waals surface area (Å²) in [5.41, 5.74) is 1.16. The van der Waals surface area contributed by atoms with Gasteiger partial charge in [0.2, 0.25) is 11.9 Å². The Morgan fingerprint density at radius 2 is 2.11 bits per heavy atom. The normalized spacial score (nSPS) is 18.1. The van der Waals surface area contributed by atoms with Gasteiger partial charge in [0.15, 0.2) is 0 Å². The topological polar surface area (TPSA) is 84.5 Å². The molecule has 9 heteroatoms. The zero-order valence-electron chi connectivity index (χ0n) is 14.7. The maximum Gasteiger partial charge on any atom is 0.352 e. The molecule has 140 valence electrons. The number of hydrogen-bond donors (Lipinski definition) is 1. The van der Waals surface area contributed by atoms with Crippen molar-refractivity contribution in [2.24, 2.45) is 4.99 Å². The van der Waals surface area contributed by atoms with Crippen LogP contribution in [-0.2, 0) is 11.3 Å². The number of anilines is 1. The van der Waals surface area contributed by atoms with Gasteiger partial charge in [0.05, 0.1) is 12.2 Å². The highest BCUT2D eigenvalue weighted by atomic mass is 35.5. The molecule has 0 spiro atoms. The summed E-state index contributed by atoms with van der Waals surface area (Å²) in [6, 6.07) is 5.61. The molecule has 2 aromatic rings. The molecule has 0 unspecified atom stereocenters. The van der Waals surface area contributed by atoms with Crippen molar-refractivity contribution < 1.29 is 4.79 Å². The van der Waals surface area contributed by atoms with Gasteiger partial charge in [0, 0.05) is 23.2 Å². The number of halogens is 1. The molecule has 8 nitrogen and oxygen atoms in total. The summed E-state index contributed by atoms with van der Waals surface area (Å²) in [5.74, 6) is 1.10. The van der Waals surface area contributed by atoms with Crippen molar-refractivity contribution in [3.8, 4) is 5.69 Å². The van der Waals surface area contributed by atoms with Crippen LogP contribution >= 0.6 is 11.6 Å². The summed E-state index contributed by atoms with van der Waals surface area (Å²) in [6.45, 7) is 1.20. The van der Waals surface area contributed by atoms with Crippen molar-refractivity contribution in [1.82, 2.24) is 19.7 Å². The van der Waals surface area contributed by atoms with Crippen molar-refractivity contribution in [3.63, 3.8) is 0 Å². The Bertz CT molecular complexity index is 1020. The molecular formula is C18H19ClN6O2. The Balaban J connectivity index is 1.53. The predicted octanol–water partition coefficient (Wildman–Crippen LogP) is 1.33. The first-order valence-corrected chi connectivity index (χ1v) is 9.61. The number of carbonyl (C=O) groups excluding carboxylic acids is 1. The summed E-state index contributed by atoms with van der Waals surface area (Å²) < 4.78 is 2.75. The molecule has 27 heavy (non-hydrogen) atoms. The van der Waals surface area contributed by atoms with Crippen LogP contribution in [0.4, 0.5) is 5.95 Å². The van der Waals surface area contributed by atoms with Gasteiger partial charge in [-0.3, -0.25) is 14.7 Å². The van der Waals surface area contributed by atoms with Crippen molar-refractivity contribution >= 4 is 29.3 Å². The fourth-order valence-corrected chi connectivity index (χ4v) is 4.28. The van der Waals surface area contributed by atoms with E-state index in [0.717, 1.165) is 37.1 Å². The van der Waals surface area contributed by atoms with Gasteiger partial charge >= 0.3 is 5.69 Å². The third-order valence-corrected chi connectivity index (χ3v) is 5.59. The summed E-state index contributed by atoms with van der Waals surface area (Å²) in [7, 11) is 0. The second kappa shape index (κ2) is 6.23. The van der Waals surface area contributed by atoms with E-state index < -0.39 is 0 Å². The van der Waals surface area contributed by atoms with E-state index in [-0.39, 0.29) is 24.2 Å². The molecule has 2 aliphatic heterocycles. The molecule has 1 amide bonds. The summed E-state index contributed by atoms with van der Waals surface area (Å²) in [4.78, 5) is 31.9. The largest absolute Gasteiger partial charge is 0.352 e. The van der Waals surface area contributed by atoms with Crippen molar-refractivity contribution in [2.45, 2.75) is 38.3 Å². The highest BCUT2D eigenvalue weighted by molar-refractivity contribution is 6.31. The van der Waals surface area contributed by atoms with Crippen LogP contribution in [0.25, 0.3) is 5.69 Å². The standard InChI is InChI=1S/C18H19ClN6O2/c19-11-5-6-13-14(9-11)25-17(23-8-7-20-16(13)23)22-24(18(25)27)10-15(26)21-12-3-1-2-4-12/h5-6,9,12H,1-4,7-8,10H2,(H,21,26). The number of fused-ring (bicyclic) bond motifs is 6. The SMILES string of the molecule is O=C(Cn1nc2n(c1=O)-c1cc(Cl)ccc1C1=NCCN12)NC1CCCC1. The second-order valence-electron chi connectivity index (χ2n) is 7.14. The van der Waals surface area contributed by atoms with E-state index in [9.17, 15) is 9.59 Å². The summed E-state index contributed by atoms with van der Waals surface area (Å²) in [5, 5.41) is 7.98. The lowest BCUT2D eigenvalue weighted by atomic mass is 10.1. The van der Waals surface area contributed by atoms with E-state index in [2.05, 4.69) is 15.4 Å². The van der Waals surface area contributed by atoms with Gasteiger partial charge in [0.1, 0.15) is 12.4 Å². The average Bonchev–Trinajstić information content (AvgIpc) is 3.36. The molecule has 1 N–H and O–H groups in total. The van der Waals surface area contributed by atoms with Crippen LogP contribution in [0.1, 0.15) is 31.2 Å². The predicted molar refractivity (Wildman–Crippen MR) is 102 cm³/mol. The number of hydrogen-bond acceptors (Lipinski definition) is 5. The number of carbonyl (C=O) groups is 1. The maximum absolute atomic E-state index is 13.0. The van der Waals surface area contributed by atoms with Crippen LogP contribution in [0.5, 0.6) is 0 Å². The number of nitrogens with zero attached hydrogens (tertiary/aromatic N) is 5. The third-order valence-electron chi connectivity index (χ3n) is 5.36. The van der Waals surface area contributed by atoms with E-state index in [0.29, 0.717) is 29.7 Å². The first-order chi connectivity index (χ1) is 13.1. The summed E-state index contributed by atoms with van der Waals surface area (Å²) >= 11 is 6.16. The zero-order chi connectivity index (χ0) is 18.5. The monoisotopic (exact) mass is 386 g/mol. The fraction of sp³-hybridized carbons (Fsp3) is 0.444. The van der Waals surface area contributed by atoms with Crippen molar-refractivity contribution in [1.29, 1.82) is 0 Å². The molecule has 0 radical (unpaired) electrons. The summed E-state index contributed by atoms with van der Waals surface area (Å²) in [6.07, 6.45) is 4.27. The van der Waals surface area contributed by atoms with E-state index >= 15 is 0 Å². The van der Waals surface area contributed by atoms with Crippen LogP contribution in [0.2, 0.25) is 5.02 Å². The fourth-order valence-electron chi connectivity index (χ4n) is 4.12. The Labute approximate surface area is 160 Å². The molecule has 0 bridgehead atoms. The lowest BCUT2D eigenvalue weighted by molar-refractivity contribution is -0.122. The smallest absolute Gasteiger partial charge is 0.352 e. The van der Waals surface area contributed by atoms with E-state index in [1.807, 2.05) is 11.0 Å². The highest BCUT2D eigenvalue weighted by Gasteiger charge is 2.35. The molecule has 1 aromatic heterocycles. The molecular weight excluding hydrogens is 368 g/mol. The van der Waals surface area contributed by atoms with Crippen LogP contribution in [0, 0.1) is 0 Å². The van der Waals surface area contributed by atoms with Crippen LogP contribution < -0.4 is 15.9 Å². The molecule has 0 atom stereocenters. The number of aliphatic imine (C=N–C) groups is 1. The first kappa shape index (κ1) is 16.6. The maximum atomic E-state index is 13.0. The lowest BCUT2D eigenvalue weighted by Crippen LogP contribution is -2.39. The number of benzene rings is 1. The molecule has 0 saturated heterocycles. The van der Waals surface area contributed by atoms with Gasteiger partial charge < -0.3 is 5.32 Å². The lowest BCUT2D eigenvalue weighted by Gasteiger charge is -2.26. The molecule has 5 rings (SSSR count). The van der Waals surface area contributed by atoms with Gasteiger partial charge in [-0.25, -0.2) is 14.0 Å². The Morgan fingerprint density at radius 3 is 2.93 bits per heavy atom. The van der Waals surface area contributed by atoms with E-state index in [1.165, 1.54) is 9.25 Å². The average molecular weight is 387 g/mol. The number of rotatable bonds is 3. The molecule has 3 aliphatic rings. The number of aromatic nitrogens is 3. The van der Waals surface area contributed by atoms with Crippen molar-refractivity contribution in [2.75, 3.05) is 18.0 Å². The minimum Gasteiger partial charge on any atom is -0.352 e. The first-order valence-electron chi connectivity index (χ1n) is 9.23. The Morgan fingerprint density at radius 1 is 1.30 bits per heavy atom. The Hall–Kier alpha value is -2.61. The molecule has 1 aromatic carbocycles. The Kier molecular flexibility index (Phi) is 3.82. The second-order valence-corrected chi connectivity index (χ2v) is 7.58. The molecule has 1 fully saturated rings. The minimum atomic E-state index is -0.346. The van der Waals surface area contributed by atoms with Crippen LogP contribution in [-0.4, -0.2) is 45.2 Å². The highest BCUT2D eigenvalue weighted by Crippen LogP contribution is 2.31. The molecule has 3 heterocycles. The number of nitrogens with one attached hydrogen (secondary N) is 1. The van der Waals surface area contributed by atoms with Gasteiger partial charge in [-0.2, -0.15) is 0 Å². The van der Waals surface area contributed by atoms with Gasteiger partial charge in [0.25, 0.3) is 0 Å². The molecule has 1 aliphatic carbocycles.